The van der Waals surface area contributed by atoms with Crippen molar-refractivity contribution in [3.8, 4) is 0 Å². The lowest BCUT2D eigenvalue weighted by molar-refractivity contribution is 0.0827. The van der Waals surface area contributed by atoms with Crippen molar-refractivity contribution in [2.45, 2.75) is 6.92 Å². The molecule has 1 aromatic carbocycles. The van der Waals surface area contributed by atoms with Gasteiger partial charge in [-0.1, -0.05) is 18.2 Å². The second-order valence-corrected chi connectivity index (χ2v) is 2.46. The van der Waals surface area contributed by atoms with Gasteiger partial charge in [0.25, 0.3) is 5.91 Å². The molecular weight excluding hydrogens is 150 g/mol. The molecule has 2 nitrogen and oxygen atoms in total. The van der Waals surface area contributed by atoms with Crippen molar-refractivity contribution in [2.75, 3.05) is 14.0 Å². The lowest BCUT2D eigenvalue weighted by atomic mass is 10.1. The zero-order valence-electron chi connectivity index (χ0n) is 12.7. The molecule has 0 bridgehead atoms. The van der Waals surface area contributed by atoms with Gasteiger partial charge in [0.05, 0.1) is 0 Å². The number of carbonyl (C=O) groups is 1. The van der Waals surface area contributed by atoms with E-state index in [1.807, 2.05) is 0 Å². The summed E-state index contributed by atoms with van der Waals surface area (Å²) in [5.74, 6) is -1.02. The molecule has 1 rings (SSSR count). The van der Waals surface area contributed by atoms with Crippen molar-refractivity contribution < 1.29 is 13.0 Å². The molecule has 0 spiro atoms. The molecule has 0 radical (unpaired) electrons. The van der Waals surface area contributed by atoms with Gasteiger partial charge in [-0.2, -0.15) is 0 Å². The van der Waals surface area contributed by atoms with E-state index >= 15 is 0 Å². The lowest BCUT2D eigenvalue weighted by Crippen LogP contribution is -2.22. The van der Waals surface area contributed by atoms with Crippen molar-refractivity contribution in [1.82, 2.24) is 4.90 Å². The van der Waals surface area contributed by atoms with Crippen LogP contribution in [0.1, 0.15) is 24.1 Å². The maximum Gasteiger partial charge on any atom is 0.253 e. The average Bonchev–Trinajstić information content (AvgIpc) is 2.13. The fourth-order valence-corrected chi connectivity index (χ4v) is 0.933. The molecule has 2 heteroatoms. The normalized spacial score (nSPS) is 19.1. The SMILES string of the molecule is [2H]C([2H])([2H])N(C(=O)c1ccccc1C)C([2H])([2H])[2H]. The number of benzene rings is 1. The zero-order valence-corrected chi connectivity index (χ0v) is 6.66. The summed E-state index contributed by atoms with van der Waals surface area (Å²) in [6.07, 6.45) is 0. The summed E-state index contributed by atoms with van der Waals surface area (Å²) >= 11 is 0. The van der Waals surface area contributed by atoms with E-state index in [0.29, 0.717) is 5.56 Å². The molecule has 0 aliphatic heterocycles. The Morgan fingerprint density at radius 2 is 2.08 bits per heavy atom. The van der Waals surface area contributed by atoms with Gasteiger partial charge in [0.15, 0.2) is 0 Å². The summed E-state index contributed by atoms with van der Waals surface area (Å²) < 4.78 is 43.0. The molecule has 0 N–H and O–H groups in total. The van der Waals surface area contributed by atoms with Crippen LogP contribution in [-0.4, -0.2) is 24.8 Å². The Balaban J connectivity index is 3.25. The Morgan fingerprint density at radius 3 is 2.67 bits per heavy atom. The smallest absolute Gasteiger partial charge is 0.253 e. The summed E-state index contributed by atoms with van der Waals surface area (Å²) in [6, 6.07) is 6.26. The standard InChI is InChI=1S/C10H13NO/c1-8-6-4-5-7-9(8)10(12)11(2)3/h4-7H,1-3H3/i2D3,3D3. The van der Waals surface area contributed by atoms with Crippen molar-refractivity contribution in [3.63, 3.8) is 0 Å². The molecular formula is C10H13NO. The maximum atomic E-state index is 12.1. The highest BCUT2D eigenvalue weighted by Crippen LogP contribution is 2.08. The first-order valence-electron chi connectivity index (χ1n) is 6.45. The molecule has 0 unspecified atom stereocenters. The minimum absolute atomic E-state index is 0.0394. The number of nitrogens with zero attached hydrogens (tertiary/aromatic N) is 1. The van der Waals surface area contributed by atoms with E-state index in [0.717, 1.165) is 0 Å². The summed E-state index contributed by atoms with van der Waals surface area (Å²) in [7, 11) is 0. The van der Waals surface area contributed by atoms with Gasteiger partial charge in [-0.15, -0.1) is 0 Å². The van der Waals surface area contributed by atoms with Gasteiger partial charge >= 0.3 is 0 Å². The summed E-state index contributed by atoms with van der Waals surface area (Å²) in [6.45, 7) is -4.40. The lowest BCUT2D eigenvalue weighted by Gasteiger charge is -2.11. The highest BCUT2D eigenvalue weighted by Gasteiger charge is 2.08. The second-order valence-electron chi connectivity index (χ2n) is 2.46. The van der Waals surface area contributed by atoms with Crippen LogP contribution in [0.3, 0.4) is 0 Å². The maximum absolute atomic E-state index is 12.1. The van der Waals surface area contributed by atoms with Crippen molar-refractivity contribution in [3.05, 3.63) is 35.4 Å². The molecule has 0 heterocycles. The Morgan fingerprint density at radius 1 is 1.42 bits per heavy atom. The number of rotatable bonds is 1. The fourth-order valence-electron chi connectivity index (χ4n) is 0.933. The largest absolute Gasteiger partial charge is 0.345 e. The third kappa shape index (κ3) is 1.64. The van der Waals surface area contributed by atoms with Crippen LogP contribution >= 0.6 is 0 Å². The molecule has 1 amide bonds. The van der Waals surface area contributed by atoms with E-state index in [9.17, 15) is 4.79 Å². The number of aryl methyl sites for hydroxylation is 1. The van der Waals surface area contributed by atoms with Gasteiger partial charge in [-0.3, -0.25) is 4.79 Å². The van der Waals surface area contributed by atoms with Crippen LogP contribution < -0.4 is 0 Å². The molecule has 12 heavy (non-hydrogen) atoms. The molecule has 0 fully saturated rings. The van der Waals surface area contributed by atoms with Crippen LogP contribution in [-0.2, 0) is 0 Å². The summed E-state index contributed by atoms with van der Waals surface area (Å²) in [5.41, 5.74) is 0.603. The van der Waals surface area contributed by atoms with Gasteiger partial charge < -0.3 is 4.90 Å². The Kier molecular flexibility index (Phi) is 1.02. The molecule has 64 valence electrons. The van der Waals surface area contributed by atoms with Crippen LogP contribution in [0.5, 0.6) is 0 Å². The van der Waals surface area contributed by atoms with Crippen molar-refractivity contribution in [2.24, 2.45) is 0 Å². The predicted octanol–water partition coefficient (Wildman–Crippen LogP) is 1.70. The molecule has 0 aromatic heterocycles. The minimum Gasteiger partial charge on any atom is -0.345 e. The van der Waals surface area contributed by atoms with Crippen LogP contribution in [0.15, 0.2) is 24.3 Å². The number of carbonyl (C=O) groups excluding carboxylic acids is 1. The first-order valence-corrected chi connectivity index (χ1v) is 3.45. The first-order chi connectivity index (χ1) is 8.05. The van der Waals surface area contributed by atoms with E-state index in [2.05, 4.69) is 0 Å². The molecule has 0 saturated heterocycles. The van der Waals surface area contributed by atoms with E-state index in [-0.39, 0.29) is 10.5 Å². The number of amides is 1. The number of hydrogen-bond acceptors (Lipinski definition) is 1. The van der Waals surface area contributed by atoms with E-state index < -0.39 is 19.9 Å². The molecule has 0 aliphatic carbocycles. The molecule has 1 aromatic rings. The van der Waals surface area contributed by atoms with Gasteiger partial charge in [0.1, 0.15) is 0 Å². The van der Waals surface area contributed by atoms with Crippen molar-refractivity contribution >= 4 is 5.91 Å². The van der Waals surface area contributed by atoms with Gasteiger partial charge in [0, 0.05) is 27.7 Å². The topological polar surface area (TPSA) is 20.3 Å². The van der Waals surface area contributed by atoms with E-state index in [4.69, 9.17) is 8.22 Å². The molecule has 0 saturated carbocycles. The predicted molar refractivity (Wildman–Crippen MR) is 49.2 cm³/mol. The minimum atomic E-state index is -3.01. The van der Waals surface area contributed by atoms with Crippen LogP contribution in [0.4, 0.5) is 0 Å². The second kappa shape index (κ2) is 3.39. The summed E-state index contributed by atoms with van der Waals surface area (Å²) in [5, 5.41) is 0. The highest BCUT2D eigenvalue weighted by molar-refractivity contribution is 5.95. The van der Waals surface area contributed by atoms with E-state index in [1.165, 1.54) is 6.07 Å². The molecule has 0 aliphatic rings. The third-order valence-corrected chi connectivity index (χ3v) is 1.58. The molecule has 0 atom stereocenters. The first kappa shape index (κ1) is 3.60. The monoisotopic (exact) mass is 169 g/mol. The fraction of sp³-hybridized carbons (Fsp3) is 0.300. The number of hydrogen-bond donors (Lipinski definition) is 0. The van der Waals surface area contributed by atoms with E-state index in [1.54, 1.807) is 25.1 Å². The summed E-state index contributed by atoms with van der Waals surface area (Å²) in [4.78, 5) is 12.0. The van der Waals surface area contributed by atoms with Crippen LogP contribution in [0.2, 0.25) is 0 Å². The Bertz CT molecular complexity index is 436. The Hall–Kier alpha value is -1.31. The third-order valence-electron chi connectivity index (χ3n) is 1.58. The van der Waals surface area contributed by atoms with Crippen LogP contribution in [0, 0.1) is 6.92 Å². The quantitative estimate of drug-likeness (QED) is 0.626. The van der Waals surface area contributed by atoms with Crippen molar-refractivity contribution in [1.29, 1.82) is 0 Å². The Labute approximate surface area is 81.2 Å². The zero-order chi connectivity index (χ0) is 14.1. The highest BCUT2D eigenvalue weighted by atomic mass is 16.2. The average molecular weight is 169 g/mol. The van der Waals surface area contributed by atoms with Gasteiger partial charge in [-0.05, 0) is 18.6 Å². The van der Waals surface area contributed by atoms with Crippen LogP contribution in [0.25, 0.3) is 0 Å². The van der Waals surface area contributed by atoms with Gasteiger partial charge in [-0.25, -0.2) is 0 Å². The van der Waals surface area contributed by atoms with Gasteiger partial charge in [0.2, 0.25) is 0 Å².